The van der Waals surface area contributed by atoms with E-state index in [1.165, 1.54) is 4.40 Å². The minimum Gasteiger partial charge on any atom is -0.369 e. The maximum atomic E-state index is 12.6. The fraction of sp³-hybridized carbons (Fsp3) is 0. The molecule has 0 aliphatic rings. The zero-order valence-corrected chi connectivity index (χ0v) is 7.42. The first-order chi connectivity index (χ1) is 5.66. The summed E-state index contributed by atoms with van der Waals surface area (Å²) >= 11 is 3.22. The van der Waals surface area contributed by atoms with Gasteiger partial charge in [-0.3, -0.25) is 4.40 Å². The van der Waals surface area contributed by atoms with Gasteiger partial charge in [0.25, 0.3) is 0 Å². The van der Waals surface area contributed by atoms with E-state index in [0.29, 0.717) is 5.65 Å². The molecule has 62 valence electrons. The molecule has 0 saturated heterocycles. The quantitative estimate of drug-likeness (QED) is 0.741. The summed E-state index contributed by atoms with van der Waals surface area (Å²) in [6, 6.07) is 1.65. The van der Waals surface area contributed by atoms with Gasteiger partial charge < -0.3 is 5.73 Å². The first-order valence-electron chi connectivity index (χ1n) is 3.13. The molecule has 0 aromatic carbocycles. The molecule has 0 aliphatic heterocycles. The second-order valence-electron chi connectivity index (χ2n) is 2.24. The molecule has 2 N–H and O–H groups in total. The third-order valence-electron chi connectivity index (χ3n) is 1.43. The van der Waals surface area contributed by atoms with Crippen LogP contribution in [0.3, 0.4) is 0 Å². The predicted molar refractivity (Wildman–Crippen MR) is 45.1 cm³/mol. The number of fused-ring (bicyclic) bond motifs is 1. The standard InChI is InChI=1S/C6H4BrFN4/c7-3-1-4-10-5(8)11-6(9)12(4)2-3/h1-2H,(H2,9,10,11). The molecule has 0 aliphatic carbocycles. The van der Waals surface area contributed by atoms with Crippen LogP contribution < -0.4 is 5.73 Å². The Morgan fingerprint density at radius 2 is 2.25 bits per heavy atom. The first-order valence-corrected chi connectivity index (χ1v) is 3.93. The number of anilines is 1. The highest BCUT2D eigenvalue weighted by Gasteiger charge is 2.04. The Labute approximate surface area is 75.4 Å². The van der Waals surface area contributed by atoms with Crippen LogP contribution in [0.25, 0.3) is 5.65 Å². The van der Waals surface area contributed by atoms with Crippen molar-refractivity contribution in [1.82, 2.24) is 14.4 Å². The van der Waals surface area contributed by atoms with Gasteiger partial charge in [0.2, 0.25) is 5.95 Å². The third-order valence-corrected chi connectivity index (χ3v) is 1.86. The van der Waals surface area contributed by atoms with Crippen LogP contribution in [0.15, 0.2) is 16.7 Å². The van der Waals surface area contributed by atoms with Gasteiger partial charge in [0.15, 0.2) is 0 Å². The lowest BCUT2D eigenvalue weighted by molar-refractivity contribution is 0.539. The number of hydrogen-bond donors (Lipinski definition) is 1. The Morgan fingerprint density at radius 1 is 1.50 bits per heavy atom. The van der Waals surface area contributed by atoms with Gasteiger partial charge in [0.1, 0.15) is 5.65 Å². The highest BCUT2D eigenvalue weighted by molar-refractivity contribution is 9.10. The van der Waals surface area contributed by atoms with E-state index in [4.69, 9.17) is 5.73 Å². The Hall–Kier alpha value is -1.17. The van der Waals surface area contributed by atoms with Crippen molar-refractivity contribution >= 4 is 27.5 Å². The van der Waals surface area contributed by atoms with E-state index >= 15 is 0 Å². The van der Waals surface area contributed by atoms with Gasteiger partial charge in [0.05, 0.1) is 0 Å². The fourth-order valence-electron chi connectivity index (χ4n) is 0.957. The molecule has 0 saturated carbocycles. The smallest absolute Gasteiger partial charge is 0.313 e. The molecule has 6 heteroatoms. The number of aromatic nitrogens is 3. The topological polar surface area (TPSA) is 56.2 Å². The second-order valence-corrected chi connectivity index (χ2v) is 3.15. The molecule has 0 fully saturated rings. The van der Waals surface area contributed by atoms with E-state index in [1.54, 1.807) is 12.3 Å². The third kappa shape index (κ3) is 1.04. The Kier molecular flexibility index (Phi) is 1.50. The van der Waals surface area contributed by atoms with E-state index in [9.17, 15) is 4.39 Å². The zero-order valence-electron chi connectivity index (χ0n) is 5.83. The maximum absolute atomic E-state index is 12.6. The van der Waals surface area contributed by atoms with Crippen LogP contribution in [0.4, 0.5) is 10.3 Å². The number of nitrogen functional groups attached to an aromatic ring is 1. The van der Waals surface area contributed by atoms with Gasteiger partial charge >= 0.3 is 6.08 Å². The van der Waals surface area contributed by atoms with Crippen LogP contribution in [0.1, 0.15) is 0 Å². The van der Waals surface area contributed by atoms with Gasteiger partial charge in [0, 0.05) is 10.7 Å². The minimum absolute atomic E-state index is 0.0863. The second kappa shape index (κ2) is 2.41. The average Bonchev–Trinajstić information content (AvgIpc) is 2.29. The Morgan fingerprint density at radius 3 is 3.00 bits per heavy atom. The molecule has 0 unspecified atom stereocenters. The van der Waals surface area contributed by atoms with Crippen molar-refractivity contribution in [1.29, 1.82) is 0 Å². The zero-order chi connectivity index (χ0) is 8.72. The van der Waals surface area contributed by atoms with Crippen LogP contribution in [-0.4, -0.2) is 14.4 Å². The molecule has 2 aromatic rings. The summed E-state index contributed by atoms with van der Waals surface area (Å²) < 4.78 is 14.9. The molecule has 2 aromatic heterocycles. The van der Waals surface area contributed by atoms with Crippen molar-refractivity contribution in [2.24, 2.45) is 0 Å². The maximum Gasteiger partial charge on any atom is 0.313 e. The lowest BCUT2D eigenvalue weighted by Crippen LogP contribution is -2.03. The summed E-state index contributed by atoms with van der Waals surface area (Å²) in [7, 11) is 0. The largest absolute Gasteiger partial charge is 0.369 e. The summed E-state index contributed by atoms with van der Waals surface area (Å²) in [5.41, 5.74) is 5.86. The summed E-state index contributed by atoms with van der Waals surface area (Å²) in [5, 5.41) is 0. The van der Waals surface area contributed by atoms with E-state index in [1.807, 2.05) is 0 Å². The average molecular weight is 231 g/mol. The number of halogens is 2. The molecular formula is C6H4BrFN4. The number of nitrogens with zero attached hydrogens (tertiary/aromatic N) is 3. The van der Waals surface area contributed by atoms with Crippen molar-refractivity contribution in [2.75, 3.05) is 5.73 Å². The molecule has 0 spiro atoms. The van der Waals surface area contributed by atoms with Gasteiger partial charge in [-0.15, -0.1) is 0 Å². The summed E-state index contributed by atoms with van der Waals surface area (Å²) in [4.78, 5) is 6.89. The first kappa shape index (κ1) is 7.48. The van der Waals surface area contributed by atoms with Crippen LogP contribution >= 0.6 is 15.9 Å². The SMILES string of the molecule is Nc1nc(F)nc2cc(Br)cn12. The van der Waals surface area contributed by atoms with Crippen molar-refractivity contribution in [3.8, 4) is 0 Å². The molecule has 0 radical (unpaired) electrons. The van der Waals surface area contributed by atoms with Crippen molar-refractivity contribution in [3.63, 3.8) is 0 Å². The van der Waals surface area contributed by atoms with E-state index in [-0.39, 0.29) is 5.95 Å². The van der Waals surface area contributed by atoms with Gasteiger partial charge in [-0.2, -0.15) is 14.4 Å². The van der Waals surface area contributed by atoms with Crippen LogP contribution in [0.5, 0.6) is 0 Å². The highest BCUT2D eigenvalue weighted by atomic mass is 79.9. The van der Waals surface area contributed by atoms with Gasteiger partial charge in [-0.05, 0) is 22.0 Å². The molecular weight excluding hydrogens is 227 g/mol. The number of rotatable bonds is 0. The van der Waals surface area contributed by atoms with Crippen LogP contribution in [-0.2, 0) is 0 Å². The number of hydrogen-bond acceptors (Lipinski definition) is 3. The van der Waals surface area contributed by atoms with Crippen LogP contribution in [0.2, 0.25) is 0 Å². The molecule has 4 nitrogen and oxygen atoms in total. The summed E-state index contributed by atoms with van der Waals surface area (Å²) in [6.45, 7) is 0. The van der Waals surface area contributed by atoms with Crippen LogP contribution in [0, 0.1) is 6.08 Å². The van der Waals surface area contributed by atoms with E-state index in [2.05, 4.69) is 25.9 Å². The molecule has 12 heavy (non-hydrogen) atoms. The van der Waals surface area contributed by atoms with E-state index in [0.717, 1.165) is 4.47 Å². The lowest BCUT2D eigenvalue weighted by Gasteiger charge is -1.96. The van der Waals surface area contributed by atoms with Gasteiger partial charge in [-0.1, -0.05) is 0 Å². The van der Waals surface area contributed by atoms with Crippen molar-refractivity contribution in [3.05, 3.63) is 22.8 Å². The Balaban J connectivity index is 2.88. The predicted octanol–water partition coefficient (Wildman–Crippen LogP) is 1.21. The highest BCUT2D eigenvalue weighted by Crippen LogP contribution is 2.15. The van der Waals surface area contributed by atoms with Crippen molar-refractivity contribution < 1.29 is 4.39 Å². The Bertz CT molecular complexity index is 438. The molecule has 0 bridgehead atoms. The normalized spacial score (nSPS) is 10.8. The monoisotopic (exact) mass is 230 g/mol. The molecule has 0 amide bonds. The summed E-state index contributed by atoms with van der Waals surface area (Å²) in [6.07, 6.45) is 0.856. The van der Waals surface area contributed by atoms with Gasteiger partial charge in [-0.25, -0.2) is 0 Å². The fourth-order valence-corrected chi connectivity index (χ4v) is 1.37. The lowest BCUT2D eigenvalue weighted by atomic mass is 10.6. The van der Waals surface area contributed by atoms with E-state index < -0.39 is 6.08 Å². The minimum atomic E-state index is -0.814. The molecule has 2 heterocycles. The molecule has 0 atom stereocenters. The summed E-state index contributed by atoms with van der Waals surface area (Å²) in [5.74, 6) is 0.0863. The molecule has 2 rings (SSSR count). The number of nitrogens with two attached hydrogens (primary N) is 1. The van der Waals surface area contributed by atoms with Crippen molar-refractivity contribution in [2.45, 2.75) is 0 Å².